The lowest BCUT2D eigenvalue weighted by Gasteiger charge is -2.10. The van der Waals surface area contributed by atoms with Crippen LogP contribution in [0.5, 0.6) is 0 Å². The molecule has 0 saturated heterocycles. The summed E-state index contributed by atoms with van der Waals surface area (Å²) in [4.78, 5) is 0. The first-order chi connectivity index (χ1) is 9.56. The summed E-state index contributed by atoms with van der Waals surface area (Å²) in [6.45, 7) is 5.19. The van der Waals surface area contributed by atoms with Crippen molar-refractivity contribution < 1.29 is 4.39 Å². The van der Waals surface area contributed by atoms with Gasteiger partial charge in [-0.25, -0.2) is 4.39 Å². The van der Waals surface area contributed by atoms with Crippen molar-refractivity contribution >= 4 is 28.9 Å². The molecule has 108 valence electrons. The van der Waals surface area contributed by atoms with E-state index in [2.05, 4.69) is 10.4 Å². The average molecular weight is 316 g/mol. The fourth-order valence-electron chi connectivity index (χ4n) is 2.00. The summed E-state index contributed by atoms with van der Waals surface area (Å²) < 4.78 is 15.1. The van der Waals surface area contributed by atoms with Crippen LogP contribution in [0.3, 0.4) is 0 Å². The molecule has 0 fully saturated rings. The third kappa shape index (κ3) is 3.07. The van der Waals surface area contributed by atoms with E-state index < -0.39 is 0 Å². The smallest absolute Gasteiger partial charge is 0.125 e. The normalized spacial score (nSPS) is 10.8. The minimum Gasteiger partial charge on any atom is -0.378 e. The molecule has 20 heavy (non-hydrogen) atoms. The van der Waals surface area contributed by atoms with Crippen molar-refractivity contribution in [3.8, 4) is 0 Å². The molecule has 1 N–H and O–H groups in total. The van der Waals surface area contributed by atoms with Crippen molar-refractivity contribution in [1.29, 1.82) is 0 Å². The summed E-state index contributed by atoms with van der Waals surface area (Å²) in [5, 5.41) is 8.68. The van der Waals surface area contributed by atoms with Crippen LogP contribution in [0, 0.1) is 5.82 Å². The van der Waals surface area contributed by atoms with Gasteiger partial charge in [0.15, 0.2) is 0 Å². The summed E-state index contributed by atoms with van der Waals surface area (Å²) in [6, 6.07) is 4.21. The molecule has 0 atom stereocenters. The lowest BCUT2D eigenvalue weighted by atomic mass is 10.2. The fraction of sp³-hybridized carbons (Fsp3) is 0.357. The molecule has 0 aliphatic carbocycles. The molecule has 0 saturated carbocycles. The van der Waals surface area contributed by atoms with Crippen LogP contribution in [-0.4, -0.2) is 9.78 Å². The molecule has 0 aliphatic rings. The van der Waals surface area contributed by atoms with Crippen LogP contribution in [0.25, 0.3) is 0 Å². The van der Waals surface area contributed by atoms with Crippen molar-refractivity contribution in [2.75, 3.05) is 5.32 Å². The van der Waals surface area contributed by atoms with Gasteiger partial charge in [-0.1, -0.05) is 30.1 Å². The van der Waals surface area contributed by atoms with Gasteiger partial charge in [-0.3, -0.25) is 4.68 Å². The monoisotopic (exact) mass is 315 g/mol. The van der Waals surface area contributed by atoms with Gasteiger partial charge in [0.05, 0.1) is 33.7 Å². The average Bonchev–Trinajstić information content (AvgIpc) is 2.75. The minimum absolute atomic E-state index is 0.332. The lowest BCUT2D eigenvalue weighted by molar-refractivity contribution is 0.618. The Hall–Kier alpha value is -1.26. The maximum atomic E-state index is 13.2. The standard InChI is InChI=1S/C14H16Cl2FN3/c1-3-11-14(16)13(20(4-2)19-11)8-18-12-7-9(17)5-6-10(12)15/h5-7,18H,3-4,8H2,1-2H3. The summed E-state index contributed by atoms with van der Waals surface area (Å²) >= 11 is 12.3. The Balaban J connectivity index is 2.22. The summed E-state index contributed by atoms with van der Waals surface area (Å²) in [5.41, 5.74) is 2.30. The van der Waals surface area contributed by atoms with Crippen molar-refractivity contribution in [1.82, 2.24) is 9.78 Å². The first kappa shape index (κ1) is 15.1. The van der Waals surface area contributed by atoms with E-state index in [-0.39, 0.29) is 5.82 Å². The van der Waals surface area contributed by atoms with Crippen LogP contribution in [0.15, 0.2) is 18.2 Å². The molecule has 2 rings (SSSR count). The van der Waals surface area contributed by atoms with E-state index in [1.807, 2.05) is 18.5 Å². The van der Waals surface area contributed by atoms with Crippen LogP contribution >= 0.6 is 23.2 Å². The Morgan fingerprint density at radius 1 is 1.30 bits per heavy atom. The topological polar surface area (TPSA) is 29.9 Å². The molecule has 0 aliphatic heterocycles. The van der Waals surface area contributed by atoms with Crippen molar-refractivity contribution in [2.24, 2.45) is 0 Å². The molecule has 3 nitrogen and oxygen atoms in total. The highest BCUT2D eigenvalue weighted by Crippen LogP contribution is 2.26. The number of halogens is 3. The second-order valence-corrected chi connectivity index (χ2v) is 5.14. The molecule has 0 spiro atoms. The second-order valence-electron chi connectivity index (χ2n) is 4.35. The van der Waals surface area contributed by atoms with Gasteiger partial charge in [0.1, 0.15) is 5.82 Å². The molecular weight excluding hydrogens is 300 g/mol. The first-order valence-electron chi connectivity index (χ1n) is 6.49. The number of nitrogens with one attached hydrogen (secondary N) is 1. The maximum Gasteiger partial charge on any atom is 0.125 e. The predicted octanol–water partition coefficient (Wildman–Crippen LogP) is 4.52. The van der Waals surface area contributed by atoms with E-state index in [0.29, 0.717) is 22.3 Å². The van der Waals surface area contributed by atoms with Gasteiger partial charge >= 0.3 is 0 Å². The molecule has 2 aromatic rings. The Kier molecular flexibility index (Phi) is 4.89. The number of aryl methyl sites for hydroxylation is 2. The lowest BCUT2D eigenvalue weighted by Crippen LogP contribution is -2.08. The number of rotatable bonds is 5. The number of benzene rings is 1. The van der Waals surface area contributed by atoms with Crippen LogP contribution < -0.4 is 5.32 Å². The van der Waals surface area contributed by atoms with Gasteiger partial charge in [0.25, 0.3) is 0 Å². The van der Waals surface area contributed by atoms with Crippen LogP contribution in [0.4, 0.5) is 10.1 Å². The number of aromatic nitrogens is 2. The number of hydrogen-bond acceptors (Lipinski definition) is 2. The maximum absolute atomic E-state index is 13.2. The summed E-state index contributed by atoms with van der Waals surface area (Å²) in [7, 11) is 0. The summed E-state index contributed by atoms with van der Waals surface area (Å²) in [6.07, 6.45) is 0.777. The van der Waals surface area contributed by atoms with Crippen LogP contribution in [0.1, 0.15) is 25.2 Å². The van der Waals surface area contributed by atoms with E-state index in [0.717, 1.165) is 24.4 Å². The fourth-order valence-corrected chi connectivity index (χ4v) is 2.52. The van der Waals surface area contributed by atoms with E-state index in [9.17, 15) is 4.39 Å². The zero-order chi connectivity index (χ0) is 14.7. The zero-order valence-electron chi connectivity index (χ0n) is 11.4. The third-order valence-electron chi connectivity index (χ3n) is 3.07. The highest BCUT2D eigenvalue weighted by atomic mass is 35.5. The Bertz CT molecular complexity index is 611. The Morgan fingerprint density at radius 2 is 2.05 bits per heavy atom. The third-order valence-corrected chi connectivity index (χ3v) is 3.83. The second kappa shape index (κ2) is 6.46. The van der Waals surface area contributed by atoms with Gasteiger partial charge in [0.2, 0.25) is 0 Å². The molecule has 1 heterocycles. The molecule has 1 aromatic carbocycles. The number of anilines is 1. The Labute approximate surface area is 127 Å². The van der Waals surface area contributed by atoms with E-state index in [1.165, 1.54) is 18.2 Å². The number of hydrogen-bond donors (Lipinski definition) is 1. The highest BCUT2D eigenvalue weighted by molar-refractivity contribution is 6.33. The van der Waals surface area contributed by atoms with Gasteiger partial charge in [0, 0.05) is 6.54 Å². The first-order valence-corrected chi connectivity index (χ1v) is 7.25. The van der Waals surface area contributed by atoms with Gasteiger partial charge in [-0.05, 0) is 31.5 Å². The molecule has 0 unspecified atom stereocenters. The Morgan fingerprint density at radius 3 is 2.70 bits per heavy atom. The van der Waals surface area contributed by atoms with Crippen molar-refractivity contribution in [3.05, 3.63) is 45.4 Å². The zero-order valence-corrected chi connectivity index (χ0v) is 12.9. The quantitative estimate of drug-likeness (QED) is 0.879. The van der Waals surface area contributed by atoms with E-state index >= 15 is 0 Å². The van der Waals surface area contributed by atoms with Gasteiger partial charge in [-0.2, -0.15) is 5.10 Å². The highest BCUT2D eigenvalue weighted by Gasteiger charge is 2.14. The van der Waals surface area contributed by atoms with Crippen molar-refractivity contribution in [3.63, 3.8) is 0 Å². The van der Waals surface area contributed by atoms with Gasteiger partial charge in [-0.15, -0.1) is 0 Å². The van der Waals surface area contributed by atoms with Crippen LogP contribution in [-0.2, 0) is 19.5 Å². The SMILES string of the molecule is CCc1nn(CC)c(CNc2cc(F)ccc2Cl)c1Cl. The number of nitrogens with zero attached hydrogens (tertiary/aromatic N) is 2. The van der Waals surface area contributed by atoms with Gasteiger partial charge < -0.3 is 5.32 Å². The largest absolute Gasteiger partial charge is 0.378 e. The molecule has 1 aromatic heterocycles. The minimum atomic E-state index is -0.332. The van der Waals surface area contributed by atoms with Crippen molar-refractivity contribution in [2.45, 2.75) is 33.4 Å². The summed E-state index contributed by atoms with van der Waals surface area (Å²) in [5.74, 6) is -0.332. The molecule has 0 bridgehead atoms. The predicted molar refractivity (Wildman–Crippen MR) is 81.0 cm³/mol. The molecule has 0 amide bonds. The van der Waals surface area contributed by atoms with Crippen LogP contribution in [0.2, 0.25) is 10.0 Å². The molecular formula is C14H16Cl2FN3. The van der Waals surface area contributed by atoms with E-state index in [1.54, 1.807) is 0 Å². The molecule has 6 heteroatoms. The molecule has 0 radical (unpaired) electrons. The van der Waals surface area contributed by atoms with E-state index in [4.69, 9.17) is 23.2 Å².